The van der Waals surface area contributed by atoms with Gasteiger partial charge in [0.05, 0.1) is 22.6 Å². The van der Waals surface area contributed by atoms with E-state index in [4.69, 9.17) is 0 Å². The van der Waals surface area contributed by atoms with Crippen molar-refractivity contribution >= 4 is 21.1 Å². The van der Waals surface area contributed by atoms with Crippen molar-refractivity contribution in [2.75, 3.05) is 26.2 Å². The van der Waals surface area contributed by atoms with Crippen LogP contribution in [0.4, 0.5) is 0 Å². The Morgan fingerprint density at radius 2 is 1.41 bits per heavy atom. The third kappa shape index (κ3) is 3.75. The van der Waals surface area contributed by atoms with Crippen molar-refractivity contribution in [2.24, 2.45) is 0 Å². The van der Waals surface area contributed by atoms with Gasteiger partial charge in [-0.1, -0.05) is 37.3 Å². The predicted octanol–water partition coefficient (Wildman–Crippen LogP) is 2.18. The Kier molecular flexibility index (Phi) is 5.58. The fraction of sp³-hybridized carbons (Fsp3) is 0.381. The fourth-order valence-electron chi connectivity index (χ4n) is 3.90. The monoisotopic (exact) mass is 414 g/mol. The molecule has 2 aromatic carbocycles. The smallest absolute Gasteiger partial charge is 0.292 e. The number of rotatable bonds is 6. The summed E-state index contributed by atoms with van der Waals surface area (Å²) in [5.74, 6) is 0. The van der Waals surface area contributed by atoms with Gasteiger partial charge in [-0.15, -0.1) is 0 Å². The highest BCUT2D eigenvalue weighted by Gasteiger charge is 2.28. The largest absolute Gasteiger partial charge is 0.330 e. The molecule has 1 aliphatic heterocycles. The molecular weight excluding hydrogens is 388 g/mol. The highest BCUT2D eigenvalue weighted by molar-refractivity contribution is 7.89. The first-order valence-corrected chi connectivity index (χ1v) is 11.4. The second kappa shape index (κ2) is 8.14. The molecule has 2 heterocycles. The van der Waals surface area contributed by atoms with Crippen LogP contribution in [-0.2, 0) is 23.2 Å². The maximum Gasteiger partial charge on any atom is 0.330 e. The van der Waals surface area contributed by atoms with Gasteiger partial charge in [-0.05, 0) is 30.7 Å². The number of benzene rings is 2. The summed E-state index contributed by atoms with van der Waals surface area (Å²) in [6.45, 7) is 5.23. The minimum atomic E-state index is -3.47. The van der Waals surface area contributed by atoms with Gasteiger partial charge in [0, 0.05) is 32.7 Å². The number of sulfonamides is 1. The Morgan fingerprint density at radius 3 is 2.03 bits per heavy atom. The van der Waals surface area contributed by atoms with Gasteiger partial charge < -0.3 is 0 Å². The zero-order valence-electron chi connectivity index (χ0n) is 16.6. The predicted molar refractivity (Wildman–Crippen MR) is 113 cm³/mol. The first kappa shape index (κ1) is 19.9. The van der Waals surface area contributed by atoms with E-state index >= 15 is 0 Å². The topological polar surface area (TPSA) is 67.6 Å². The summed E-state index contributed by atoms with van der Waals surface area (Å²) < 4.78 is 30.8. The lowest BCUT2D eigenvalue weighted by molar-refractivity contribution is 0.152. The molecule has 1 aliphatic rings. The molecule has 0 spiro atoms. The van der Waals surface area contributed by atoms with E-state index in [1.807, 2.05) is 34.9 Å². The van der Waals surface area contributed by atoms with Gasteiger partial charge in [0.1, 0.15) is 0 Å². The summed E-state index contributed by atoms with van der Waals surface area (Å²) in [5.41, 5.74) is 1.86. The van der Waals surface area contributed by atoms with Crippen molar-refractivity contribution in [3.05, 3.63) is 65.1 Å². The second-order valence-corrected chi connectivity index (χ2v) is 9.27. The molecule has 0 amide bonds. The molecule has 154 valence electrons. The number of hydrogen-bond donors (Lipinski definition) is 0. The summed E-state index contributed by atoms with van der Waals surface area (Å²) in [4.78, 5) is 15.4. The van der Waals surface area contributed by atoms with Gasteiger partial charge in [-0.3, -0.25) is 14.0 Å². The van der Waals surface area contributed by atoms with Crippen LogP contribution in [-0.4, -0.2) is 52.9 Å². The van der Waals surface area contributed by atoms with Crippen LogP contribution in [0.1, 0.15) is 13.3 Å². The molecule has 0 N–H and O–H groups in total. The van der Waals surface area contributed by atoms with E-state index in [1.54, 1.807) is 28.8 Å². The van der Waals surface area contributed by atoms with Crippen LogP contribution < -0.4 is 5.69 Å². The minimum absolute atomic E-state index is 0.00705. The first-order valence-electron chi connectivity index (χ1n) is 9.98. The molecule has 0 bridgehead atoms. The molecule has 8 heteroatoms. The maximum atomic E-state index is 13.0. The molecule has 1 fully saturated rings. The Hall–Kier alpha value is -2.42. The van der Waals surface area contributed by atoms with E-state index < -0.39 is 10.0 Å². The molecule has 3 aromatic rings. The Balaban J connectivity index is 1.51. The van der Waals surface area contributed by atoms with Crippen molar-refractivity contribution < 1.29 is 8.42 Å². The number of imidazole rings is 1. The van der Waals surface area contributed by atoms with E-state index in [2.05, 4.69) is 11.8 Å². The lowest BCUT2D eigenvalue weighted by Gasteiger charge is -2.34. The number of para-hydroxylation sites is 2. The van der Waals surface area contributed by atoms with Gasteiger partial charge in [-0.25, -0.2) is 13.2 Å². The quantitative estimate of drug-likeness (QED) is 0.620. The van der Waals surface area contributed by atoms with Gasteiger partial charge >= 0.3 is 5.69 Å². The molecule has 7 nitrogen and oxygen atoms in total. The Morgan fingerprint density at radius 1 is 0.828 bits per heavy atom. The van der Waals surface area contributed by atoms with Gasteiger partial charge in [0.2, 0.25) is 10.0 Å². The molecule has 0 radical (unpaired) electrons. The second-order valence-electron chi connectivity index (χ2n) is 7.33. The number of aryl methyl sites for hydroxylation is 1. The minimum Gasteiger partial charge on any atom is -0.292 e. The summed E-state index contributed by atoms with van der Waals surface area (Å²) in [6.07, 6.45) is 0.893. The van der Waals surface area contributed by atoms with Gasteiger partial charge in [0.15, 0.2) is 0 Å². The third-order valence-electron chi connectivity index (χ3n) is 5.43. The zero-order valence-corrected chi connectivity index (χ0v) is 17.4. The first-order chi connectivity index (χ1) is 14.0. The number of piperazine rings is 1. The van der Waals surface area contributed by atoms with Crippen LogP contribution in [0.5, 0.6) is 0 Å². The zero-order chi connectivity index (χ0) is 20.4. The lowest BCUT2D eigenvalue weighted by atomic mass is 10.3. The summed E-state index contributed by atoms with van der Waals surface area (Å²) in [5, 5.41) is 0. The van der Waals surface area contributed by atoms with Gasteiger partial charge in [-0.2, -0.15) is 4.31 Å². The lowest BCUT2D eigenvalue weighted by Crippen LogP contribution is -2.49. The van der Waals surface area contributed by atoms with Crippen molar-refractivity contribution in [1.82, 2.24) is 18.3 Å². The van der Waals surface area contributed by atoms with Crippen LogP contribution >= 0.6 is 0 Å². The maximum absolute atomic E-state index is 13.0. The van der Waals surface area contributed by atoms with E-state index in [0.717, 1.165) is 17.5 Å². The molecule has 4 rings (SSSR count). The molecule has 1 saturated heterocycles. The molecule has 0 aliphatic carbocycles. The molecular formula is C21H26N4O3S. The molecule has 0 unspecified atom stereocenters. The van der Waals surface area contributed by atoms with Crippen LogP contribution in [0.25, 0.3) is 11.0 Å². The molecule has 29 heavy (non-hydrogen) atoms. The van der Waals surface area contributed by atoms with Crippen molar-refractivity contribution in [2.45, 2.75) is 31.5 Å². The SMILES string of the molecule is CCCn1c(=O)n(CN2CCN(S(=O)(=O)c3ccccc3)CC2)c2ccccc21. The van der Waals surface area contributed by atoms with Crippen molar-refractivity contribution in [1.29, 1.82) is 0 Å². The van der Waals surface area contributed by atoms with Gasteiger partial charge in [0.25, 0.3) is 0 Å². The summed E-state index contributed by atoms with van der Waals surface area (Å²) in [7, 11) is -3.47. The average molecular weight is 415 g/mol. The standard InChI is InChI=1S/C21H26N4O3S/c1-2-12-24-19-10-6-7-11-20(19)25(21(24)26)17-22-13-15-23(16-14-22)29(27,28)18-8-4-3-5-9-18/h3-11H,2,12-17H2,1H3. The van der Waals surface area contributed by atoms with Crippen LogP contribution in [0.3, 0.4) is 0 Å². The summed E-state index contributed by atoms with van der Waals surface area (Å²) >= 11 is 0. The summed E-state index contributed by atoms with van der Waals surface area (Å²) in [6, 6.07) is 16.4. The van der Waals surface area contributed by atoms with E-state index in [0.29, 0.717) is 44.3 Å². The third-order valence-corrected chi connectivity index (χ3v) is 7.34. The number of fused-ring (bicyclic) bond motifs is 1. The number of hydrogen-bond acceptors (Lipinski definition) is 4. The number of aromatic nitrogens is 2. The highest BCUT2D eigenvalue weighted by Crippen LogP contribution is 2.18. The fourth-order valence-corrected chi connectivity index (χ4v) is 5.34. The molecule has 0 saturated carbocycles. The molecule has 1 aromatic heterocycles. The highest BCUT2D eigenvalue weighted by atomic mass is 32.2. The molecule has 0 atom stereocenters. The van der Waals surface area contributed by atoms with Crippen LogP contribution in [0.2, 0.25) is 0 Å². The Bertz CT molecular complexity index is 1140. The Labute approximate surface area is 170 Å². The van der Waals surface area contributed by atoms with Crippen LogP contribution in [0, 0.1) is 0 Å². The van der Waals surface area contributed by atoms with Crippen LogP contribution in [0.15, 0.2) is 64.3 Å². The number of nitrogens with zero attached hydrogens (tertiary/aromatic N) is 4. The van der Waals surface area contributed by atoms with Crippen molar-refractivity contribution in [3.8, 4) is 0 Å². The van der Waals surface area contributed by atoms with E-state index in [9.17, 15) is 13.2 Å². The van der Waals surface area contributed by atoms with E-state index in [1.165, 1.54) is 4.31 Å². The van der Waals surface area contributed by atoms with Crippen molar-refractivity contribution in [3.63, 3.8) is 0 Å². The normalized spacial score (nSPS) is 16.4. The van der Waals surface area contributed by atoms with E-state index in [-0.39, 0.29) is 5.69 Å². The average Bonchev–Trinajstić information content (AvgIpc) is 3.01.